The van der Waals surface area contributed by atoms with Gasteiger partial charge in [-0.2, -0.15) is 5.10 Å². The molecule has 0 fully saturated rings. The molecule has 3 heterocycles. The van der Waals surface area contributed by atoms with E-state index in [1.807, 2.05) is 37.3 Å². The fraction of sp³-hybridized carbons (Fsp3) is 0.241. The van der Waals surface area contributed by atoms with Crippen LogP contribution in [-0.4, -0.2) is 49.7 Å². The zero-order valence-corrected chi connectivity index (χ0v) is 22.1. The SMILES string of the molecule is CCOc1cc(F)c(Cn2nc(-c3ncc(OCCCO)c(Nc4ccncc4C)n3)c3ccccc32)c(F)c1. The molecule has 206 valence electrons. The molecule has 0 radical (unpaired) electrons. The Kier molecular flexibility index (Phi) is 8.11. The van der Waals surface area contributed by atoms with E-state index >= 15 is 0 Å². The van der Waals surface area contributed by atoms with E-state index in [2.05, 4.69) is 20.4 Å². The average Bonchev–Trinajstić information content (AvgIpc) is 3.31. The van der Waals surface area contributed by atoms with Crippen LogP contribution in [-0.2, 0) is 6.54 Å². The lowest BCUT2D eigenvalue weighted by molar-refractivity contribution is 0.233. The molecule has 2 N–H and O–H groups in total. The number of aliphatic hydroxyl groups excluding tert-OH is 1. The van der Waals surface area contributed by atoms with Gasteiger partial charge in [0.15, 0.2) is 17.4 Å². The number of aryl methyl sites for hydroxylation is 1. The minimum absolute atomic E-state index is 0.00979. The number of aromatic nitrogens is 5. The van der Waals surface area contributed by atoms with Crippen LogP contribution in [0.4, 0.5) is 20.3 Å². The molecule has 0 unspecified atom stereocenters. The van der Waals surface area contributed by atoms with Crippen molar-refractivity contribution in [2.24, 2.45) is 0 Å². The summed E-state index contributed by atoms with van der Waals surface area (Å²) in [4.78, 5) is 13.4. The summed E-state index contributed by atoms with van der Waals surface area (Å²) in [7, 11) is 0. The molecule has 0 atom stereocenters. The summed E-state index contributed by atoms with van der Waals surface area (Å²) in [5, 5.41) is 17.8. The van der Waals surface area contributed by atoms with Crippen molar-refractivity contribution in [2.45, 2.75) is 26.8 Å². The first-order valence-electron chi connectivity index (χ1n) is 12.8. The van der Waals surface area contributed by atoms with Crippen molar-refractivity contribution in [2.75, 3.05) is 25.1 Å². The van der Waals surface area contributed by atoms with E-state index in [0.717, 1.165) is 11.3 Å². The van der Waals surface area contributed by atoms with Crippen molar-refractivity contribution in [3.05, 3.63) is 83.8 Å². The van der Waals surface area contributed by atoms with Crippen LogP contribution in [0.3, 0.4) is 0 Å². The highest BCUT2D eigenvalue weighted by atomic mass is 19.1. The molecule has 0 saturated carbocycles. The van der Waals surface area contributed by atoms with Crippen molar-refractivity contribution in [3.8, 4) is 23.0 Å². The average molecular weight is 547 g/mol. The number of fused-ring (bicyclic) bond motifs is 1. The monoisotopic (exact) mass is 546 g/mol. The highest BCUT2D eigenvalue weighted by molar-refractivity contribution is 5.92. The van der Waals surface area contributed by atoms with Crippen molar-refractivity contribution in [1.29, 1.82) is 0 Å². The summed E-state index contributed by atoms with van der Waals surface area (Å²) < 4.78 is 42.4. The molecular weight excluding hydrogens is 518 g/mol. The summed E-state index contributed by atoms with van der Waals surface area (Å²) in [6.45, 7) is 4.08. The molecule has 0 aliphatic carbocycles. The number of nitrogens with one attached hydrogen (secondary N) is 1. The van der Waals surface area contributed by atoms with Gasteiger partial charge in [0.05, 0.1) is 31.5 Å². The van der Waals surface area contributed by atoms with Gasteiger partial charge in [0.2, 0.25) is 0 Å². The maximum atomic E-state index is 14.9. The van der Waals surface area contributed by atoms with Gasteiger partial charge < -0.3 is 19.9 Å². The zero-order valence-electron chi connectivity index (χ0n) is 22.1. The zero-order chi connectivity index (χ0) is 28.1. The number of halogens is 2. The van der Waals surface area contributed by atoms with Gasteiger partial charge in [-0.3, -0.25) is 9.67 Å². The van der Waals surface area contributed by atoms with Crippen LogP contribution in [0.15, 0.2) is 61.1 Å². The number of hydrogen-bond donors (Lipinski definition) is 2. The third-order valence-electron chi connectivity index (χ3n) is 6.19. The van der Waals surface area contributed by atoms with E-state index in [1.165, 1.54) is 23.0 Å². The summed E-state index contributed by atoms with van der Waals surface area (Å²) in [5.41, 5.74) is 2.66. The number of ether oxygens (including phenoxy) is 2. The van der Waals surface area contributed by atoms with Crippen LogP contribution >= 0.6 is 0 Å². The smallest absolute Gasteiger partial charge is 0.183 e. The molecule has 40 heavy (non-hydrogen) atoms. The second-order valence-electron chi connectivity index (χ2n) is 8.97. The number of pyridine rings is 1. The van der Waals surface area contributed by atoms with Gasteiger partial charge in [0, 0.05) is 54.2 Å². The summed E-state index contributed by atoms with van der Waals surface area (Å²) in [6.07, 6.45) is 5.38. The van der Waals surface area contributed by atoms with Gasteiger partial charge >= 0.3 is 0 Å². The van der Waals surface area contributed by atoms with E-state index in [4.69, 9.17) is 19.6 Å². The van der Waals surface area contributed by atoms with E-state index in [0.29, 0.717) is 47.0 Å². The van der Waals surface area contributed by atoms with Crippen LogP contribution in [0, 0.1) is 18.6 Å². The molecule has 0 spiro atoms. The minimum atomic E-state index is -0.718. The van der Waals surface area contributed by atoms with Crippen LogP contribution in [0.25, 0.3) is 22.4 Å². The van der Waals surface area contributed by atoms with Gasteiger partial charge in [-0.05, 0) is 31.5 Å². The molecule has 0 aliphatic rings. The Morgan fingerprint density at radius 1 is 1.05 bits per heavy atom. The lowest BCUT2D eigenvalue weighted by Crippen LogP contribution is -2.08. The molecule has 5 aromatic rings. The molecule has 0 amide bonds. The Balaban J connectivity index is 1.55. The Morgan fingerprint density at radius 2 is 1.85 bits per heavy atom. The largest absolute Gasteiger partial charge is 0.494 e. The van der Waals surface area contributed by atoms with E-state index in [9.17, 15) is 8.78 Å². The van der Waals surface area contributed by atoms with Crippen LogP contribution in [0.1, 0.15) is 24.5 Å². The molecule has 2 aromatic carbocycles. The Morgan fingerprint density at radius 3 is 2.60 bits per heavy atom. The maximum absolute atomic E-state index is 14.9. The van der Waals surface area contributed by atoms with Gasteiger partial charge in [0.25, 0.3) is 0 Å². The summed E-state index contributed by atoms with van der Waals surface area (Å²) in [6, 6.07) is 11.5. The van der Waals surface area contributed by atoms with Crippen molar-refractivity contribution in [3.63, 3.8) is 0 Å². The maximum Gasteiger partial charge on any atom is 0.183 e. The fourth-order valence-electron chi connectivity index (χ4n) is 4.21. The molecule has 11 heteroatoms. The minimum Gasteiger partial charge on any atom is -0.494 e. The highest BCUT2D eigenvalue weighted by Gasteiger charge is 2.20. The van der Waals surface area contributed by atoms with Gasteiger partial charge in [-0.1, -0.05) is 18.2 Å². The molecular formula is C29H28F2N6O3. The van der Waals surface area contributed by atoms with Gasteiger partial charge in [-0.25, -0.2) is 18.7 Å². The van der Waals surface area contributed by atoms with E-state index in [-0.39, 0.29) is 31.1 Å². The normalized spacial score (nSPS) is 11.1. The van der Waals surface area contributed by atoms with Crippen LogP contribution < -0.4 is 14.8 Å². The predicted octanol–water partition coefficient (Wildman–Crippen LogP) is 5.43. The van der Waals surface area contributed by atoms with E-state index in [1.54, 1.807) is 19.3 Å². The molecule has 5 rings (SSSR count). The van der Waals surface area contributed by atoms with Crippen molar-refractivity contribution < 1.29 is 23.4 Å². The fourth-order valence-corrected chi connectivity index (χ4v) is 4.21. The van der Waals surface area contributed by atoms with Gasteiger partial charge in [-0.15, -0.1) is 0 Å². The lowest BCUT2D eigenvalue weighted by Gasteiger charge is -2.14. The number of benzene rings is 2. The Hall–Kier alpha value is -4.64. The Bertz CT molecular complexity index is 1620. The third-order valence-corrected chi connectivity index (χ3v) is 6.19. The second kappa shape index (κ2) is 12.0. The van der Waals surface area contributed by atoms with E-state index < -0.39 is 11.6 Å². The third kappa shape index (κ3) is 5.69. The quantitative estimate of drug-likeness (QED) is 0.211. The molecule has 3 aromatic heterocycles. The first kappa shape index (κ1) is 26.9. The summed E-state index contributed by atoms with van der Waals surface area (Å²) >= 11 is 0. The molecule has 0 saturated heterocycles. The number of rotatable bonds is 11. The Labute approximate surface area is 229 Å². The molecule has 9 nitrogen and oxygen atoms in total. The first-order chi connectivity index (χ1) is 19.5. The number of para-hydroxylation sites is 1. The number of nitrogens with zero attached hydrogens (tertiary/aromatic N) is 5. The van der Waals surface area contributed by atoms with Crippen molar-refractivity contribution >= 4 is 22.4 Å². The number of aliphatic hydroxyl groups is 1. The number of anilines is 2. The number of hydrogen-bond acceptors (Lipinski definition) is 8. The highest BCUT2D eigenvalue weighted by Crippen LogP contribution is 2.32. The van der Waals surface area contributed by atoms with Crippen LogP contribution in [0.5, 0.6) is 11.5 Å². The standard InChI is InChI=1S/C29H28F2N6O3/c1-3-39-19-13-22(30)21(23(31)14-19)17-37-25-8-5-4-7-20(25)27(36-37)29-33-16-26(40-12-6-11-38)28(35-29)34-24-9-10-32-15-18(24)2/h4-5,7-10,13-16,38H,3,6,11-12,17H2,1-2H3,(H,32,33,34,35). The molecule has 0 bridgehead atoms. The first-order valence-corrected chi connectivity index (χ1v) is 12.8. The van der Waals surface area contributed by atoms with Gasteiger partial charge in [0.1, 0.15) is 23.1 Å². The lowest BCUT2D eigenvalue weighted by atomic mass is 10.1. The topological polar surface area (TPSA) is 107 Å². The predicted molar refractivity (Wildman–Crippen MR) is 147 cm³/mol. The summed E-state index contributed by atoms with van der Waals surface area (Å²) in [5.74, 6) is -0.207. The van der Waals surface area contributed by atoms with Crippen molar-refractivity contribution in [1.82, 2.24) is 24.7 Å². The van der Waals surface area contributed by atoms with Crippen LogP contribution in [0.2, 0.25) is 0 Å². The molecule has 0 aliphatic heterocycles. The second-order valence-corrected chi connectivity index (χ2v) is 8.97.